The Hall–Kier alpha value is -2.12. The number of carbonyl (C=O) groups is 1. The molecule has 3 rings (SSSR count). The molecule has 2 aromatic carbocycles. The number of ether oxygens (including phenoxy) is 1. The molecule has 1 N–H and O–H groups in total. The van der Waals surface area contributed by atoms with Crippen LogP contribution in [-0.2, 0) is 21.2 Å². The Morgan fingerprint density at radius 2 is 1.96 bits per heavy atom. The Morgan fingerprint density at radius 3 is 2.69 bits per heavy atom. The van der Waals surface area contributed by atoms with Gasteiger partial charge in [-0.1, -0.05) is 42.5 Å². The Morgan fingerprint density at radius 1 is 1.23 bits per heavy atom. The summed E-state index contributed by atoms with van der Waals surface area (Å²) in [6, 6.07) is 13.5. The minimum atomic E-state index is -3.38. The number of hydrogen-bond donors (Lipinski definition) is 1. The molecule has 0 aliphatic carbocycles. The Labute approximate surface area is 154 Å². The van der Waals surface area contributed by atoms with E-state index in [1.807, 2.05) is 36.4 Å². The zero-order valence-corrected chi connectivity index (χ0v) is 15.8. The summed E-state index contributed by atoms with van der Waals surface area (Å²) in [5.41, 5.74) is 1.09. The third kappa shape index (κ3) is 4.16. The lowest BCUT2D eigenvalue weighted by Crippen LogP contribution is -2.57. The van der Waals surface area contributed by atoms with Crippen molar-refractivity contribution in [2.75, 3.05) is 19.9 Å². The molecule has 1 saturated heterocycles. The summed E-state index contributed by atoms with van der Waals surface area (Å²) >= 11 is 0. The van der Waals surface area contributed by atoms with Gasteiger partial charge in [-0.3, -0.25) is 0 Å². The van der Waals surface area contributed by atoms with Crippen LogP contribution >= 0.6 is 0 Å². The van der Waals surface area contributed by atoms with Crippen LogP contribution < -0.4 is 4.72 Å². The Bertz CT molecular complexity index is 892. The van der Waals surface area contributed by atoms with Gasteiger partial charge >= 0.3 is 6.09 Å². The molecule has 26 heavy (non-hydrogen) atoms. The van der Waals surface area contributed by atoms with Crippen molar-refractivity contribution in [1.29, 1.82) is 0 Å². The van der Waals surface area contributed by atoms with Crippen molar-refractivity contribution in [1.82, 2.24) is 9.62 Å². The molecule has 1 fully saturated rings. The molecule has 0 spiro atoms. The van der Waals surface area contributed by atoms with Gasteiger partial charge < -0.3 is 9.64 Å². The van der Waals surface area contributed by atoms with Gasteiger partial charge in [0.2, 0.25) is 10.0 Å². The van der Waals surface area contributed by atoms with Gasteiger partial charge in [0.1, 0.15) is 0 Å². The zero-order chi connectivity index (χ0) is 18.7. The van der Waals surface area contributed by atoms with Crippen molar-refractivity contribution >= 4 is 26.9 Å². The molecule has 0 bridgehead atoms. The third-order valence-corrected chi connectivity index (χ3v) is 5.59. The first kappa shape index (κ1) is 18.7. The zero-order valence-electron chi connectivity index (χ0n) is 15.0. The normalized spacial score (nSPS) is 20.9. The summed E-state index contributed by atoms with van der Waals surface area (Å²) in [6.45, 7) is 0.560. The lowest BCUT2D eigenvalue weighted by atomic mass is 9.90. The minimum Gasteiger partial charge on any atom is -0.453 e. The summed E-state index contributed by atoms with van der Waals surface area (Å²) in [5, 5.41) is 2.24. The summed E-state index contributed by atoms with van der Waals surface area (Å²) in [7, 11) is -2.02. The molecule has 1 amide bonds. The van der Waals surface area contributed by atoms with Gasteiger partial charge in [0.05, 0.1) is 19.4 Å². The molecule has 2 atom stereocenters. The van der Waals surface area contributed by atoms with Crippen LogP contribution in [0.15, 0.2) is 42.5 Å². The molecule has 1 aliphatic rings. The lowest BCUT2D eigenvalue weighted by Gasteiger charge is -2.40. The van der Waals surface area contributed by atoms with E-state index in [1.165, 1.54) is 7.11 Å². The SMILES string of the molecule is COC(=O)N1CCCC(NS(C)(=O)=O)C1Cc1cccc2ccccc12. The summed E-state index contributed by atoms with van der Waals surface area (Å²) < 4.78 is 31.3. The number of carbonyl (C=O) groups excluding carboxylic acids is 1. The number of nitrogens with zero attached hydrogens (tertiary/aromatic N) is 1. The second kappa shape index (κ2) is 7.63. The van der Waals surface area contributed by atoms with Crippen LogP contribution in [0.5, 0.6) is 0 Å². The van der Waals surface area contributed by atoms with E-state index >= 15 is 0 Å². The van der Waals surface area contributed by atoms with E-state index in [-0.39, 0.29) is 12.1 Å². The van der Waals surface area contributed by atoms with E-state index in [0.717, 1.165) is 29.0 Å². The highest BCUT2D eigenvalue weighted by atomic mass is 32.2. The molecule has 1 heterocycles. The maximum absolute atomic E-state index is 12.3. The van der Waals surface area contributed by atoms with Crippen LogP contribution in [0.3, 0.4) is 0 Å². The van der Waals surface area contributed by atoms with Gasteiger partial charge in [0.25, 0.3) is 0 Å². The number of methoxy groups -OCH3 is 1. The number of hydrogen-bond acceptors (Lipinski definition) is 4. The first-order chi connectivity index (χ1) is 12.4. The van der Waals surface area contributed by atoms with E-state index in [4.69, 9.17) is 4.74 Å². The molecule has 7 heteroatoms. The fourth-order valence-corrected chi connectivity index (χ4v) is 4.59. The summed E-state index contributed by atoms with van der Waals surface area (Å²) in [6.07, 6.45) is 2.71. The number of sulfonamides is 1. The van der Waals surface area contributed by atoms with E-state index in [2.05, 4.69) is 10.8 Å². The van der Waals surface area contributed by atoms with Gasteiger partial charge in [0.15, 0.2) is 0 Å². The van der Waals surface area contributed by atoms with E-state index in [1.54, 1.807) is 4.90 Å². The summed E-state index contributed by atoms with van der Waals surface area (Å²) in [5.74, 6) is 0. The van der Waals surface area contributed by atoms with Gasteiger partial charge in [0, 0.05) is 12.6 Å². The predicted molar refractivity (Wildman–Crippen MR) is 102 cm³/mol. The Kier molecular flexibility index (Phi) is 5.48. The van der Waals surface area contributed by atoms with Crippen LogP contribution in [-0.4, -0.2) is 51.4 Å². The average Bonchev–Trinajstić information content (AvgIpc) is 2.61. The van der Waals surface area contributed by atoms with Gasteiger partial charge in [-0.2, -0.15) is 0 Å². The fourth-order valence-electron chi connectivity index (χ4n) is 3.76. The number of benzene rings is 2. The van der Waals surface area contributed by atoms with E-state index < -0.39 is 16.1 Å². The van der Waals surface area contributed by atoms with Crippen LogP contribution in [0, 0.1) is 0 Å². The van der Waals surface area contributed by atoms with Crippen molar-refractivity contribution in [3.05, 3.63) is 48.0 Å². The second-order valence-electron chi connectivity index (χ2n) is 6.71. The van der Waals surface area contributed by atoms with Crippen LogP contribution in [0.4, 0.5) is 4.79 Å². The van der Waals surface area contributed by atoms with Crippen molar-refractivity contribution in [3.63, 3.8) is 0 Å². The minimum absolute atomic E-state index is 0.295. The first-order valence-corrected chi connectivity index (χ1v) is 10.6. The van der Waals surface area contributed by atoms with Gasteiger partial charge in [-0.15, -0.1) is 0 Å². The number of fused-ring (bicyclic) bond motifs is 1. The molecule has 0 saturated carbocycles. The quantitative estimate of drug-likeness (QED) is 0.890. The highest BCUT2D eigenvalue weighted by Gasteiger charge is 2.36. The summed E-state index contributed by atoms with van der Waals surface area (Å²) in [4.78, 5) is 13.9. The first-order valence-electron chi connectivity index (χ1n) is 8.67. The molecule has 0 radical (unpaired) electrons. The standard InChI is InChI=1S/C19H24N2O4S/c1-25-19(22)21-12-6-11-17(20-26(2,23)24)18(21)13-15-9-5-8-14-7-3-4-10-16(14)15/h3-5,7-10,17-18,20H,6,11-13H2,1-2H3. The van der Waals surface area contributed by atoms with Crippen LogP contribution in [0.25, 0.3) is 10.8 Å². The highest BCUT2D eigenvalue weighted by Crippen LogP contribution is 2.26. The molecule has 2 unspecified atom stereocenters. The molecule has 140 valence electrons. The van der Waals surface area contributed by atoms with Crippen molar-refractivity contribution in [2.24, 2.45) is 0 Å². The number of amides is 1. The molecule has 0 aromatic heterocycles. The van der Waals surface area contributed by atoms with Crippen molar-refractivity contribution < 1.29 is 17.9 Å². The van der Waals surface area contributed by atoms with E-state index in [0.29, 0.717) is 19.4 Å². The average molecular weight is 376 g/mol. The highest BCUT2D eigenvalue weighted by molar-refractivity contribution is 7.88. The monoisotopic (exact) mass is 376 g/mol. The number of nitrogens with one attached hydrogen (secondary N) is 1. The fraction of sp³-hybridized carbons (Fsp3) is 0.421. The van der Waals surface area contributed by atoms with Crippen molar-refractivity contribution in [2.45, 2.75) is 31.3 Å². The Balaban J connectivity index is 1.97. The lowest BCUT2D eigenvalue weighted by molar-refractivity contribution is 0.0793. The maximum Gasteiger partial charge on any atom is 0.409 e. The number of piperidine rings is 1. The van der Waals surface area contributed by atoms with Gasteiger partial charge in [-0.05, 0) is 35.6 Å². The number of likely N-dealkylation sites (tertiary alicyclic amines) is 1. The van der Waals surface area contributed by atoms with E-state index in [9.17, 15) is 13.2 Å². The molecular weight excluding hydrogens is 352 g/mol. The molecule has 6 nitrogen and oxygen atoms in total. The second-order valence-corrected chi connectivity index (χ2v) is 8.49. The molecule has 2 aromatic rings. The predicted octanol–water partition coefficient (Wildman–Crippen LogP) is 2.53. The van der Waals surface area contributed by atoms with Gasteiger partial charge in [-0.25, -0.2) is 17.9 Å². The number of rotatable bonds is 4. The maximum atomic E-state index is 12.3. The third-order valence-electron chi connectivity index (χ3n) is 4.86. The largest absolute Gasteiger partial charge is 0.453 e. The molecule has 1 aliphatic heterocycles. The topological polar surface area (TPSA) is 75.7 Å². The van der Waals surface area contributed by atoms with Crippen LogP contribution in [0.1, 0.15) is 18.4 Å². The molecular formula is C19H24N2O4S. The van der Waals surface area contributed by atoms with Crippen LogP contribution in [0.2, 0.25) is 0 Å². The van der Waals surface area contributed by atoms with Crippen molar-refractivity contribution in [3.8, 4) is 0 Å². The smallest absolute Gasteiger partial charge is 0.409 e.